The Bertz CT molecular complexity index is 674. The molecule has 0 radical (unpaired) electrons. The first-order valence-corrected chi connectivity index (χ1v) is 7.91. The van der Waals surface area contributed by atoms with Crippen LogP contribution in [0.5, 0.6) is 0 Å². The molecule has 0 saturated carbocycles. The lowest BCUT2D eigenvalue weighted by Crippen LogP contribution is -2.43. The Balaban J connectivity index is 3.38. The number of nitrogens with two attached hydrogens (primary N) is 3. The molecule has 1 rings (SSSR count). The van der Waals surface area contributed by atoms with E-state index in [1.165, 1.54) is 12.1 Å². The van der Waals surface area contributed by atoms with Crippen LogP contribution in [0.3, 0.4) is 0 Å². The van der Waals surface area contributed by atoms with Crippen molar-refractivity contribution in [2.75, 3.05) is 18.8 Å². The molecule has 116 valence electrons. The number of primary amides is 2. The topological polar surface area (TPSA) is 150 Å². The SMILES string of the molecule is Cc1cc(Br)c(N)cc1S(=O)(=O)N(CC(N)=O)CC(N)=O. The quantitative estimate of drug-likeness (QED) is 0.559. The van der Waals surface area contributed by atoms with E-state index in [2.05, 4.69) is 15.9 Å². The molecule has 0 aliphatic carbocycles. The van der Waals surface area contributed by atoms with Gasteiger partial charge in [0.05, 0.1) is 18.0 Å². The predicted octanol–water partition coefficient (Wildman–Crippen LogP) is -0.699. The third kappa shape index (κ3) is 4.16. The average Bonchev–Trinajstić information content (AvgIpc) is 2.31. The van der Waals surface area contributed by atoms with E-state index >= 15 is 0 Å². The molecule has 0 unspecified atom stereocenters. The largest absolute Gasteiger partial charge is 0.398 e. The lowest BCUT2D eigenvalue weighted by molar-refractivity contribution is -0.120. The van der Waals surface area contributed by atoms with Crippen LogP contribution >= 0.6 is 15.9 Å². The Morgan fingerprint density at radius 1 is 1.19 bits per heavy atom. The summed E-state index contributed by atoms with van der Waals surface area (Å²) >= 11 is 3.18. The first-order chi connectivity index (χ1) is 9.55. The summed E-state index contributed by atoms with van der Waals surface area (Å²) in [7, 11) is -4.13. The van der Waals surface area contributed by atoms with E-state index in [-0.39, 0.29) is 10.6 Å². The lowest BCUT2D eigenvalue weighted by atomic mass is 10.2. The lowest BCUT2D eigenvalue weighted by Gasteiger charge is -2.20. The molecule has 21 heavy (non-hydrogen) atoms. The van der Waals surface area contributed by atoms with E-state index in [4.69, 9.17) is 17.2 Å². The fraction of sp³-hybridized carbons (Fsp3) is 0.273. The molecule has 0 saturated heterocycles. The third-order valence-corrected chi connectivity index (χ3v) is 5.20. The van der Waals surface area contributed by atoms with Crippen molar-refractivity contribution in [2.24, 2.45) is 11.5 Å². The van der Waals surface area contributed by atoms with Crippen LogP contribution in [0, 0.1) is 6.92 Å². The zero-order valence-electron chi connectivity index (χ0n) is 11.2. The number of hydrogen-bond acceptors (Lipinski definition) is 5. The van der Waals surface area contributed by atoms with Gasteiger partial charge in [-0.3, -0.25) is 9.59 Å². The molecule has 0 heterocycles. The average molecular weight is 379 g/mol. The van der Waals surface area contributed by atoms with Crippen LogP contribution in [-0.4, -0.2) is 37.6 Å². The Labute approximate surface area is 130 Å². The van der Waals surface area contributed by atoms with Crippen molar-refractivity contribution in [3.05, 3.63) is 22.2 Å². The summed E-state index contributed by atoms with van der Waals surface area (Å²) in [5.74, 6) is -1.80. The fourth-order valence-electron chi connectivity index (χ4n) is 1.66. The molecule has 0 spiro atoms. The smallest absolute Gasteiger partial charge is 0.244 e. The van der Waals surface area contributed by atoms with Crippen LogP contribution in [0.1, 0.15) is 5.56 Å². The van der Waals surface area contributed by atoms with Crippen LogP contribution in [0.15, 0.2) is 21.5 Å². The summed E-state index contributed by atoms with van der Waals surface area (Å²) in [5.41, 5.74) is 16.3. The van der Waals surface area contributed by atoms with Crippen molar-refractivity contribution in [1.82, 2.24) is 4.31 Å². The Morgan fingerprint density at radius 3 is 2.10 bits per heavy atom. The highest BCUT2D eigenvalue weighted by molar-refractivity contribution is 9.10. The van der Waals surface area contributed by atoms with Crippen LogP contribution in [0.25, 0.3) is 0 Å². The molecule has 8 nitrogen and oxygen atoms in total. The molecular formula is C11H15BrN4O4S. The van der Waals surface area contributed by atoms with Gasteiger partial charge in [-0.15, -0.1) is 0 Å². The van der Waals surface area contributed by atoms with Gasteiger partial charge in [0.1, 0.15) is 0 Å². The van der Waals surface area contributed by atoms with E-state index in [0.29, 0.717) is 14.3 Å². The molecule has 6 N–H and O–H groups in total. The number of aryl methyl sites for hydroxylation is 1. The molecule has 1 aromatic rings. The van der Waals surface area contributed by atoms with Gasteiger partial charge in [-0.05, 0) is 40.5 Å². The molecule has 0 atom stereocenters. The Morgan fingerprint density at radius 2 is 1.67 bits per heavy atom. The monoisotopic (exact) mass is 378 g/mol. The highest BCUT2D eigenvalue weighted by atomic mass is 79.9. The van der Waals surface area contributed by atoms with Crippen LogP contribution in [-0.2, 0) is 19.6 Å². The van der Waals surface area contributed by atoms with Crippen molar-refractivity contribution >= 4 is 43.5 Å². The van der Waals surface area contributed by atoms with Gasteiger partial charge < -0.3 is 17.2 Å². The molecule has 0 aliphatic rings. The highest BCUT2D eigenvalue weighted by Crippen LogP contribution is 2.28. The fourth-order valence-corrected chi connectivity index (χ4v) is 3.73. The van der Waals surface area contributed by atoms with E-state index < -0.39 is 34.9 Å². The maximum absolute atomic E-state index is 12.5. The minimum atomic E-state index is -4.13. The normalized spacial score (nSPS) is 11.6. The standard InChI is InChI=1S/C11H15BrN4O4S/c1-6-2-7(12)8(13)3-9(6)21(19,20)16(4-10(14)17)5-11(15)18/h2-3H,4-5,13H2,1H3,(H2,14,17)(H2,15,18). The molecule has 0 aliphatic heterocycles. The summed E-state index contributed by atoms with van der Waals surface area (Å²) in [4.78, 5) is 21.9. The molecule has 0 bridgehead atoms. The Kier molecular flexibility index (Phi) is 5.31. The number of benzene rings is 1. The van der Waals surface area contributed by atoms with E-state index in [1.807, 2.05) is 0 Å². The maximum atomic E-state index is 12.5. The number of rotatable bonds is 6. The van der Waals surface area contributed by atoms with Crippen LogP contribution < -0.4 is 17.2 Å². The number of anilines is 1. The van der Waals surface area contributed by atoms with Crippen molar-refractivity contribution in [3.8, 4) is 0 Å². The van der Waals surface area contributed by atoms with Gasteiger partial charge in [-0.2, -0.15) is 4.31 Å². The second kappa shape index (κ2) is 6.41. The van der Waals surface area contributed by atoms with Gasteiger partial charge >= 0.3 is 0 Å². The third-order valence-electron chi connectivity index (χ3n) is 2.58. The first kappa shape index (κ1) is 17.4. The van der Waals surface area contributed by atoms with Crippen molar-refractivity contribution in [2.45, 2.75) is 11.8 Å². The maximum Gasteiger partial charge on any atom is 0.244 e. The number of halogens is 1. The van der Waals surface area contributed by atoms with E-state index in [1.54, 1.807) is 6.92 Å². The number of carbonyl (C=O) groups is 2. The number of hydrogen-bond donors (Lipinski definition) is 3. The predicted molar refractivity (Wildman–Crippen MR) is 80.4 cm³/mol. The van der Waals surface area contributed by atoms with Crippen molar-refractivity contribution < 1.29 is 18.0 Å². The van der Waals surface area contributed by atoms with Gasteiger partial charge in [0.2, 0.25) is 21.8 Å². The highest BCUT2D eigenvalue weighted by Gasteiger charge is 2.29. The summed E-state index contributed by atoms with van der Waals surface area (Å²) in [6.45, 7) is 0.255. The number of carbonyl (C=O) groups excluding carboxylic acids is 2. The van der Waals surface area contributed by atoms with Crippen molar-refractivity contribution in [1.29, 1.82) is 0 Å². The van der Waals surface area contributed by atoms with Crippen LogP contribution in [0.4, 0.5) is 5.69 Å². The minimum absolute atomic E-state index is 0.120. The molecule has 0 fully saturated rings. The molecule has 1 aromatic carbocycles. The second-order valence-electron chi connectivity index (χ2n) is 4.34. The molecule has 10 heteroatoms. The molecule has 2 amide bonds. The molecular weight excluding hydrogens is 364 g/mol. The number of nitrogens with zero attached hydrogens (tertiary/aromatic N) is 1. The summed E-state index contributed by atoms with van der Waals surface area (Å²) in [6, 6.07) is 2.76. The molecule has 0 aromatic heterocycles. The van der Waals surface area contributed by atoms with Crippen LogP contribution in [0.2, 0.25) is 0 Å². The first-order valence-electron chi connectivity index (χ1n) is 5.68. The Hall–Kier alpha value is -1.65. The van der Waals surface area contributed by atoms with E-state index in [0.717, 1.165) is 0 Å². The van der Waals surface area contributed by atoms with Gasteiger partial charge in [0.15, 0.2) is 0 Å². The minimum Gasteiger partial charge on any atom is -0.398 e. The number of amides is 2. The number of sulfonamides is 1. The zero-order chi connectivity index (χ0) is 16.4. The van der Waals surface area contributed by atoms with Gasteiger partial charge in [-0.1, -0.05) is 0 Å². The van der Waals surface area contributed by atoms with Gasteiger partial charge in [-0.25, -0.2) is 8.42 Å². The summed E-state index contributed by atoms with van der Waals surface area (Å²) < 4.78 is 26.2. The van der Waals surface area contributed by atoms with Gasteiger partial charge in [0.25, 0.3) is 0 Å². The van der Waals surface area contributed by atoms with E-state index in [9.17, 15) is 18.0 Å². The zero-order valence-corrected chi connectivity index (χ0v) is 13.6. The summed E-state index contributed by atoms with van der Waals surface area (Å²) in [6.07, 6.45) is 0. The second-order valence-corrected chi connectivity index (χ2v) is 7.11. The van der Waals surface area contributed by atoms with Gasteiger partial charge in [0, 0.05) is 10.2 Å². The number of nitrogen functional groups attached to an aromatic ring is 1. The van der Waals surface area contributed by atoms with Crippen molar-refractivity contribution in [3.63, 3.8) is 0 Å². The summed E-state index contributed by atoms with van der Waals surface area (Å²) in [5, 5.41) is 0.